The Kier molecular flexibility index (Phi) is 3.59. The van der Waals surface area contributed by atoms with Gasteiger partial charge in [0.2, 0.25) is 0 Å². The first-order chi connectivity index (χ1) is 8.62. The van der Waals surface area contributed by atoms with Gasteiger partial charge >= 0.3 is 0 Å². The maximum atomic E-state index is 6.10. The van der Waals surface area contributed by atoms with Crippen molar-refractivity contribution >= 4 is 40.3 Å². The molecule has 0 aliphatic carbocycles. The van der Waals surface area contributed by atoms with Gasteiger partial charge in [-0.15, -0.1) is 0 Å². The van der Waals surface area contributed by atoms with Crippen LogP contribution < -0.4 is 9.47 Å². The van der Waals surface area contributed by atoms with Crippen molar-refractivity contribution in [3.05, 3.63) is 28.3 Å². The largest absolute Gasteiger partial charge is 0.477 e. The fourth-order valence-electron chi connectivity index (χ4n) is 1.58. The minimum absolute atomic E-state index is 0.284. The van der Waals surface area contributed by atoms with Crippen LogP contribution in [0, 0.1) is 0 Å². The first kappa shape index (κ1) is 12.9. The molecule has 0 unspecified atom stereocenters. The maximum absolute atomic E-state index is 6.10. The lowest BCUT2D eigenvalue weighted by molar-refractivity contribution is 0.334. The zero-order valence-electron chi connectivity index (χ0n) is 9.83. The molecule has 2 rings (SSSR count). The SMILES string of the molecule is C=Cc1c(Cl)c(Cl)cc2nc(OC)c(OC)nc12. The normalized spacial score (nSPS) is 10.4. The number of hydrogen-bond donors (Lipinski definition) is 0. The topological polar surface area (TPSA) is 44.2 Å². The highest BCUT2D eigenvalue weighted by molar-refractivity contribution is 6.43. The van der Waals surface area contributed by atoms with E-state index in [9.17, 15) is 0 Å². The summed E-state index contributed by atoms with van der Waals surface area (Å²) >= 11 is 12.1. The van der Waals surface area contributed by atoms with Gasteiger partial charge < -0.3 is 9.47 Å². The van der Waals surface area contributed by atoms with E-state index in [1.807, 2.05) is 0 Å². The molecule has 0 radical (unpaired) electrons. The van der Waals surface area contributed by atoms with Crippen molar-refractivity contribution in [2.75, 3.05) is 14.2 Å². The van der Waals surface area contributed by atoms with E-state index in [1.54, 1.807) is 12.1 Å². The summed E-state index contributed by atoms with van der Waals surface area (Å²) in [7, 11) is 2.98. The highest BCUT2D eigenvalue weighted by Crippen LogP contribution is 2.35. The molecule has 0 saturated carbocycles. The first-order valence-electron chi connectivity index (χ1n) is 5.02. The van der Waals surface area contributed by atoms with E-state index in [1.165, 1.54) is 14.2 Å². The Morgan fingerprint density at radius 3 is 2.33 bits per heavy atom. The highest BCUT2D eigenvalue weighted by atomic mass is 35.5. The minimum atomic E-state index is 0.284. The van der Waals surface area contributed by atoms with Crippen LogP contribution in [0.2, 0.25) is 10.0 Å². The van der Waals surface area contributed by atoms with Crippen LogP contribution in [0.3, 0.4) is 0 Å². The third-order valence-corrected chi connectivity index (χ3v) is 3.22. The number of methoxy groups -OCH3 is 2. The predicted molar refractivity (Wildman–Crippen MR) is 72.8 cm³/mol. The molecule has 94 valence electrons. The lowest BCUT2D eigenvalue weighted by Crippen LogP contribution is -1.98. The number of benzene rings is 1. The zero-order chi connectivity index (χ0) is 13.3. The predicted octanol–water partition coefficient (Wildman–Crippen LogP) is 3.60. The molecule has 0 aliphatic rings. The molecule has 0 spiro atoms. The zero-order valence-corrected chi connectivity index (χ0v) is 11.3. The molecule has 0 atom stereocenters. The summed E-state index contributed by atoms with van der Waals surface area (Å²) in [6, 6.07) is 1.63. The molecular formula is C12H10Cl2N2O2. The molecule has 18 heavy (non-hydrogen) atoms. The van der Waals surface area contributed by atoms with Crippen molar-refractivity contribution in [3.8, 4) is 11.8 Å². The third-order valence-electron chi connectivity index (χ3n) is 2.42. The van der Waals surface area contributed by atoms with Gasteiger partial charge in [-0.05, 0) is 6.07 Å². The van der Waals surface area contributed by atoms with E-state index in [4.69, 9.17) is 32.7 Å². The third kappa shape index (κ3) is 1.98. The second-order valence-corrected chi connectivity index (χ2v) is 4.19. The Bertz CT molecular complexity index is 629. The second kappa shape index (κ2) is 5.00. The van der Waals surface area contributed by atoms with Crippen LogP contribution in [0.4, 0.5) is 0 Å². The molecular weight excluding hydrogens is 275 g/mol. The Hall–Kier alpha value is -1.52. The summed E-state index contributed by atoms with van der Waals surface area (Å²) in [6.45, 7) is 3.70. The van der Waals surface area contributed by atoms with Gasteiger partial charge in [0.25, 0.3) is 11.8 Å². The van der Waals surface area contributed by atoms with Crippen molar-refractivity contribution in [1.29, 1.82) is 0 Å². The molecule has 1 aromatic carbocycles. The van der Waals surface area contributed by atoms with E-state index in [0.29, 0.717) is 32.5 Å². The van der Waals surface area contributed by atoms with Crippen LogP contribution in [0.5, 0.6) is 11.8 Å². The molecule has 6 heteroatoms. The van der Waals surface area contributed by atoms with Crippen LogP contribution in [-0.2, 0) is 0 Å². The number of fused-ring (bicyclic) bond motifs is 1. The number of ether oxygens (including phenoxy) is 2. The van der Waals surface area contributed by atoms with Crippen molar-refractivity contribution in [2.24, 2.45) is 0 Å². The maximum Gasteiger partial charge on any atom is 0.278 e. The number of aromatic nitrogens is 2. The molecule has 0 saturated heterocycles. The summed E-state index contributed by atoms with van der Waals surface area (Å²) in [5.74, 6) is 0.574. The van der Waals surface area contributed by atoms with E-state index < -0.39 is 0 Å². The van der Waals surface area contributed by atoms with E-state index in [-0.39, 0.29) is 5.88 Å². The molecule has 1 heterocycles. The van der Waals surface area contributed by atoms with Gasteiger partial charge in [0.05, 0.1) is 29.8 Å². The summed E-state index contributed by atoms with van der Waals surface area (Å²) in [6.07, 6.45) is 1.58. The Morgan fingerprint density at radius 2 is 1.78 bits per heavy atom. The summed E-state index contributed by atoms with van der Waals surface area (Å²) in [5.41, 5.74) is 1.75. The lowest BCUT2D eigenvalue weighted by Gasteiger charge is -2.10. The van der Waals surface area contributed by atoms with Gasteiger partial charge in [0.15, 0.2) is 0 Å². The van der Waals surface area contributed by atoms with Gasteiger partial charge in [-0.3, -0.25) is 0 Å². The van der Waals surface area contributed by atoms with Crippen LogP contribution >= 0.6 is 23.2 Å². The smallest absolute Gasteiger partial charge is 0.278 e. The Balaban J connectivity index is 2.88. The average Bonchev–Trinajstić information content (AvgIpc) is 2.39. The molecule has 0 bridgehead atoms. The molecule has 0 fully saturated rings. The van der Waals surface area contributed by atoms with Crippen LogP contribution in [0.15, 0.2) is 12.6 Å². The first-order valence-corrected chi connectivity index (χ1v) is 5.78. The number of nitrogens with zero attached hydrogens (tertiary/aromatic N) is 2. The number of halogens is 2. The van der Waals surface area contributed by atoms with Gasteiger partial charge in [0.1, 0.15) is 5.52 Å². The summed E-state index contributed by atoms with van der Waals surface area (Å²) in [4.78, 5) is 8.59. The second-order valence-electron chi connectivity index (χ2n) is 3.40. The van der Waals surface area contributed by atoms with Crippen molar-refractivity contribution < 1.29 is 9.47 Å². The number of rotatable bonds is 3. The van der Waals surface area contributed by atoms with Crippen molar-refractivity contribution in [2.45, 2.75) is 0 Å². The van der Waals surface area contributed by atoms with Crippen LogP contribution in [0.1, 0.15) is 5.56 Å². The number of hydrogen-bond acceptors (Lipinski definition) is 4. The molecule has 4 nitrogen and oxygen atoms in total. The van der Waals surface area contributed by atoms with Gasteiger partial charge in [-0.1, -0.05) is 35.9 Å². The minimum Gasteiger partial charge on any atom is -0.477 e. The fraction of sp³-hybridized carbons (Fsp3) is 0.167. The molecule has 0 amide bonds. The van der Waals surface area contributed by atoms with Crippen molar-refractivity contribution in [3.63, 3.8) is 0 Å². The lowest BCUT2D eigenvalue weighted by atomic mass is 10.1. The summed E-state index contributed by atoms with van der Waals surface area (Å²) < 4.78 is 10.2. The standard InChI is InChI=1S/C12H10Cl2N2O2/c1-4-6-9(14)7(13)5-8-10(6)16-12(18-3)11(15-8)17-2/h4-5H,1H2,2-3H3. The van der Waals surface area contributed by atoms with Crippen LogP contribution in [0.25, 0.3) is 17.1 Å². The molecule has 1 aromatic heterocycles. The Labute approximate surface area is 114 Å². The van der Waals surface area contributed by atoms with Gasteiger partial charge in [-0.25, -0.2) is 9.97 Å². The fourth-order valence-corrected chi connectivity index (χ4v) is 2.01. The average molecular weight is 285 g/mol. The molecule has 2 aromatic rings. The highest BCUT2D eigenvalue weighted by Gasteiger charge is 2.15. The van der Waals surface area contributed by atoms with E-state index >= 15 is 0 Å². The Morgan fingerprint density at radius 1 is 1.17 bits per heavy atom. The van der Waals surface area contributed by atoms with Gasteiger partial charge in [-0.2, -0.15) is 0 Å². The molecule has 0 N–H and O–H groups in total. The van der Waals surface area contributed by atoms with Gasteiger partial charge in [0, 0.05) is 5.56 Å². The quantitative estimate of drug-likeness (QED) is 0.864. The van der Waals surface area contributed by atoms with Crippen molar-refractivity contribution in [1.82, 2.24) is 9.97 Å². The monoisotopic (exact) mass is 284 g/mol. The molecule has 0 aliphatic heterocycles. The van der Waals surface area contributed by atoms with Crippen LogP contribution in [-0.4, -0.2) is 24.2 Å². The summed E-state index contributed by atoms with van der Waals surface area (Å²) in [5, 5.41) is 0.779. The van der Waals surface area contributed by atoms with E-state index in [2.05, 4.69) is 16.5 Å². The van der Waals surface area contributed by atoms with E-state index in [0.717, 1.165) is 0 Å².